The summed E-state index contributed by atoms with van der Waals surface area (Å²) in [6, 6.07) is 0. The lowest BCUT2D eigenvalue weighted by Crippen LogP contribution is -2.59. The van der Waals surface area contributed by atoms with Gasteiger partial charge < -0.3 is 121 Å². The van der Waals surface area contributed by atoms with Crippen molar-refractivity contribution in [3.63, 3.8) is 0 Å². The standard InChI is InChI=1S/C47H85N5O23.CH5N/c1-27-38(61)41(64)30(21-53)73-44(27)70-14-5-11-49-33(56)8-17-67-24-47(52-37(60)20-36(59)48-4,25-68-18-9-34(57)50-12-6-15-71-45-28(2)39(62)42(65)31(22-54)74-45)26-69-19-10-35(58)51-13-7-16-72-46-29(3)40(63)43(66)32(23-55)75-46;1-2/h27-32,38-46,53-55,61-66H,5-26H2,1-4H3,(H,48,59)(H,49,56)(H,50,57)(H,51,58)(H,52,60);2H2,1H3/t27?,28?,29?,30?,31?,32?,38-,39-,40-,41+,42+,43+,44-,45-,46-,47?;/m1./s1. The Kier molecular flexibility index (Phi) is 34.6. The van der Waals surface area contributed by atoms with Gasteiger partial charge in [-0.15, -0.1) is 0 Å². The molecule has 0 aliphatic carbocycles. The van der Waals surface area contributed by atoms with Crippen LogP contribution in [0.15, 0.2) is 0 Å². The summed E-state index contributed by atoms with van der Waals surface area (Å²) in [5.74, 6) is -4.22. The van der Waals surface area contributed by atoms with Gasteiger partial charge in [0, 0.05) is 63.7 Å². The Balaban J connectivity index is 0.0000100. The maximum absolute atomic E-state index is 13.2. The van der Waals surface area contributed by atoms with E-state index in [0.717, 1.165) is 0 Å². The van der Waals surface area contributed by atoms with E-state index in [-0.39, 0.29) is 116 Å². The van der Waals surface area contributed by atoms with Gasteiger partial charge in [0.1, 0.15) is 48.6 Å². The zero-order chi connectivity index (χ0) is 57.5. The topological polar surface area (TPSA) is 437 Å². The fourth-order valence-corrected chi connectivity index (χ4v) is 8.10. The van der Waals surface area contributed by atoms with E-state index in [1.165, 1.54) is 14.1 Å². The van der Waals surface area contributed by atoms with Crippen molar-refractivity contribution in [1.29, 1.82) is 0 Å². The number of carbonyl (C=O) groups excluding carboxylic acids is 5. The number of aliphatic hydroxyl groups excluding tert-OH is 9. The van der Waals surface area contributed by atoms with Crippen LogP contribution in [0.5, 0.6) is 0 Å². The van der Waals surface area contributed by atoms with Crippen molar-refractivity contribution in [3.05, 3.63) is 0 Å². The molecule has 6 unspecified atom stereocenters. The summed E-state index contributed by atoms with van der Waals surface area (Å²) < 4.78 is 51.4. The minimum Gasteiger partial charge on any atom is -0.394 e. The van der Waals surface area contributed by atoms with E-state index in [9.17, 15) is 69.9 Å². The number of carbonyl (C=O) groups is 5. The van der Waals surface area contributed by atoms with Gasteiger partial charge in [0.2, 0.25) is 29.5 Å². The summed E-state index contributed by atoms with van der Waals surface area (Å²) >= 11 is 0. The Bertz CT molecular complexity index is 1510. The summed E-state index contributed by atoms with van der Waals surface area (Å²) in [6.45, 7) is 3.01. The zero-order valence-corrected chi connectivity index (χ0v) is 45.0. The van der Waals surface area contributed by atoms with Crippen molar-refractivity contribution >= 4 is 29.5 Å². The highest BCUT2D eigenvalue weighted by Gasteiger charge is 2.45. The highest BCUT2D eigenvalue weighted by Crippen LogP contribution is 2.29. The van der Waals surface area contributed by atoms with Crippen LogP contribution in [0.25, 0.3) is 0 Å². The molecule has 77 heavy (non-hydrogen) atoms. The summed E-state index contributed by atoms with van der Waals surface area (Å²) in [7, 11) is 2.86. The molecule has 0 aromatic heterocycles. The van der Waals surface area contributed by atoms with Crippen LogP contribution in [0, 0.1) is 17.8 Å². The largest absolute Gasteiger partial charge is 0.394 e. The molecule has 3 saturated heterocycles. The molecule has 5 amide bonds. The lowest BCUT2D eigenvalue weighted by molar-refractivity contribution is -0.282. The first kappa shape index (κ1) is 69.7. The number of nitrogens with one attached hydrogen (secondary N) is 5. The first-order valence-electron chi connectivity index (χ1n) is 26.2. The van der Waals surface area contributed by atoms with E-state index in [1.807, 2.05) is 0 Å². The van der Waals surface area contributed by atoms with Gasteiger partial charge >= 0.3 is 0 Å². The quantitative estimate of drug-likeness (QED) is 0.0205. The molecule has 29 nitrogen and oxygen atoms in total. The van der Waals surface area contributed by atoms with Crippen molar-refractivity contribution < 1.29 is 113 Å². The van der Waals surface area contributed by atoms with Gasteiger partial charge in [0.05, 0.1) is 97.6 Å². The highest BCUT2D eigenvalue weighted by atomic mass is 16.7. The minimum absolute atomic E-state index is 0.117. The lowest BCUT2D eigenvalue weighted by Gasteiger charge is -2.40. The Morgan fingerprint density at radius 1 is 0.468 bits per heavy atom. The fourth-order valence-electron chi connectivity index (χ4n) is 8.10. The van der Waals surface area contributed by atoms with E-state index in [1.54, 1.807) is 20.8 Å². The number of nitrogens with two attached hydrogens (primary N) is 1. The SMILES string of the molecule is CN.CNC(=O)CC(=O)NC(COCCC(=O)NCCCO[C@@H]1OC(CO)[C@H](O)[C@H](O)C1C)(COCCC(=O)NCCCO[C@@H]1OC(CO)[C@H](O)[C@H](O)C1C)COCCC(=O)NCCCO[C@@H]1OC(CO)[C@H](O)[C@H](O)C1C. The molecule has 16 N–H and O–H groups in total. The molecule has 0 spiro atoms. The first-order chi connectivity index (χ1) is 36.8. The Labute approximate surface area is 449 Å². The number of amides is 5. The summed E-state index contributed by atoms with van der Waals surface area (Å²) in [4.78, 5) is 63.7. The van der Waals surface area contributed by atoms with Crippen LogP contribution < -0.4 is 32.3 Å². The van der Waals surface area contributed by atoms with Gasteiger partial charge in [-0.25, -0.2) is 0 Å². The average molecular weight is 1120 g/mol. The second-order valence-corrected chi connectivity index (χ2v) is 19.0. The van der Waals surface area contributed by atoms with Crippen molar-refractivity contribution in [1.82, 2.24) is 26.6 Å². The second kappa shape index (κ2) is 38.3. The number of rotatable bonds is 36. The third-order valence-electron chi connectivity index (χ3n) is 12.9. The molecular formula is C48H90N6O23. The number of hydrogen-bond donors (Lipinski definition) is 15. The fraction of sp³-hybridized carbons (Fsp3) is 0.896. The third kappa shape index (κ3) is 24.5. The molecule has 3 aliphatic heterocycles. The zero-order valence-electron chi connectivity index (χ0n) is 45.0. The predicted octanol–water partition coefficient (Wildman–Crippen LogP) is -6.43. The summed E-state index contributed by atoms with van der Waals surface area (Å²) in [5, 5.41) is 103. The molecule has 3 aliphatic rings. The normalized spacial score (nSPS) is 30.0. The van der Waals surface area contributed by atoms with Crippen LogP contribution in [0.3, 0.4) is 0 Å². The molecule has 29 heteroatoms. The lowest BCUT2D eigenvalue weighted by atomic mass is 9.92. The maximum atomic E-state index is 13.2. The summed E-state index contributed by atoms with van der Waals surface area (Å²) in [5.41, 5.74) is 2.99. The van der Waals surface area contributed by atoms with Gasteiger partial charge in [-0.3, -0.25) is 24.0 Å². The Hall–Kier alpha value is -3.41. The van der Waals surface area contributed by atoms with Gasteiger partial charge in [0.25, 0.3) is 0 Å². The summed E-state index contributed by atoms with van der Waals surface area (Å²) in [6.07, 6.45) is -12.8. The molecule has 0 bridgehead atoms. The number of ether oxygens (including phenoxy) is 9. The van der Waals surface area contributed by atoms with Crippen LogP contribution in [0.2, 0.25) is 0 Å². The molecular weight excluding hydrogens is 1030 g/mol. The third-order valence-corrected chi connectivity index (χ3v) is 12.9. The van der Waals surface area contributed by atoms with Crippen molar-refractivity contribution in [2.24, 2.45) is 23.5 Å². The van der Waals surface area contributed by atoms with E-state index in [0.29, 0.717) is 19.3 Å². The maximum Gasteiger partial charge on any atom is 0.230 e. The molecule has 0 radical (unpaired) electrons. The molecule has 0 aromatic carbocycles. The van der Waals surface area contributed by atoms with E-state index in [4.69, 9.17) is 42.6 Å². The molecule has 3 heterocycles. The Morgan fingerprint density at radius 2 is 0.766 bits per heavy atom. The van der Waals surface area contributed by atoms with Crippen LogP contribution in [-0.2, 0) is 66.6 Å². The van der Waals surface area contributed by atoms with Crippen molar-refractivity contribution in [2.75, 3.05) is 113 Å². The van der Waals surface area contributed by atoms with Crippen LogP contribution in [0.1, 0.15) is 65.7 Å². The van der Waals surface area contributed by atoms with E-state index < -0.39 is 135 Å². The first-order valence-corrected chi connectivity index (χ1v) is 26.2. The van der Waals surface area contributed by atoms with Crippen LogP contribution >= 0.6 is 0 Å². The predicted molar refractivity (Wildman–Crippen MR) is 267 cm³/mol. The molecule has 3 fully saturated rings. The van der Waals surface area contributed by atoms with Gasteiger partial charge in [-0.2, -0.15) is 0 Å². The van der Waals surface area contributed by atoms with Gasteiger partial charge in [-0.05, 0) is 26.3 Å². The molecule has 450 valence electrons. The van der Waals surface area contributed by atoms with Crippen LogP contribution in [-0.4, -0.2) is 268 Å². The van der Waals surface area contributed by atoms with Crippen molar-refractivity contribution in [2.45, 2.75) is 145 Å². The number of aliphatic hydroxyl groups is 9. The highest BCUT2D eigenvalue weighted by molar-refractivity contribution is 5.97. The molecule has 0 saturated carbocycles. The smallest absolute Gasteiger partial charge is 0.230 e. The minimum atomic E-state index is -1.51. The molecule has 3 rings (SSSR count). The second-order valence-electron chi connectivity index (χ2n) is 19.0. The van der Waals surface area contributed by atoms with Gasteiger partial charge in [-0.1, -0.05) is 20.8 Å². The number of hydrogen-bond acceptors (Lipinski definition) is 24. The monoisotopic (exact) mass is 1120 g/mol. The van der Waals surface area contributed by atoms with Crippen LogP contribution in [0.4, 0.5) is 0 Å². The molecule has 0 aromatic rings. The van der Waals surface area contributed by atoms with E-state index >= 15 is 0 Å². The van der Waals surface area contributed by atoms with Gasteiger partial charge in [0.15, 0.2) is 18.9 Å². The Morgan fingerprint density at radius 3 is 1.04 bits per heavy atom. The molecule has 15 atom stereocenters. The van der Waals surface area contributed by atoms with E-state index in [2.05, 4.69) is 32.3 Å². The van der Waals surface area contributed by atoms with Crippen molar-refractivity contribution in [3.8, 4) is 0 Å². The average Bonchev–Trinajstić information content (AvgIpc) is 3.42.